The number of nitrogens with zero attached hydrogens (tertiary/aromatic N) is 1. The zero-order valence-electron chi connectivity index (χ0n) is 17.3. The van der Waals surface area contributed by atoms with Crippen LogP contribution in [0.15, 0.2) is 0 Å². The molecule has 1 aliphatic heterocycles. The second-order valence-electron chi connectivity index (χ2n) is 7.39. The summed E-state index contributed by atoms with van der Waals surface area (Å²) >= 11 is 4.00. The van der Waals surface area contributed by atoms with Gasteiger partial charge in [-0.1, -0.05) is 0 Å². The molecule has 4 atom stereocenters. The number of carboxylic acid groups (broad SMARTS) is 1. The van der Waals surface area contributed by atoms with Gasteiger partial charge in [-0.25, -0.2) is 4.79 Å². The summed E-state index contributed by atoms with van der Waals surface area (Å²) in [5, 5.41) is 14.1. The molecule has 9 N–H and O–H groups in total. The van der Waals surface area contributed by atoms with Crippen molar-refractivity contribution < 1.29 is 29.1 Å². The summed E-state index contributed by atoms with van der Waals surface area (Å²) in [6, 6.07) is -4.31. The van der Waals surface area contributed by atoms with Gasteiger partial charge < -0.3 is 37.8 Å². The Labute approximate surface area is 186 Å². The van der Waals surface area contributed by atoms with Crippen molar-refractivity contribution in [3.63, 3.8) is 0 Å². The van der Waals surface area contributed by atoms with Gasteiger partial charge in [-0.2, -0.15) is 12.6 Å². The van der Waals surface area contributed by atoms with E-state index in [0.717, 1.165) is 0 Å². The fraction of sp³-hybridized carbons (Fsp3) is 0.722. The van der Waals surface area contributed by atoms with Crippen LogP contribution in [-0.2, 0) is 24.0 Å². The third kappa shape index (κ3) is 8.34. The summed E-state index contributed by atoms with van der Waals surface area (Å²) < 4.78 is 0. The SMILES string of the molecule is NCCCCC(NC(=O)C(CC(N)=O)NC(=O)C1CCCN1C(=O)C(N)CS)C(=O)O. The summed E-state index contributed by atoms with van der Waals surface area (Å²) in [5.41, 5.74) is 16.3. The van der Waals surface area contributed by atoms with E-state index >= 15 is 0 Å². The molecule has 0 saturated carbocycles. The third-order valence-corrected chi connectivity index (χ3v) is 5.35. The highest BCUT2D eigenvalue weighted by Gasteiger charge is 2.38. The standard InChI is InChI=1S/C18H32N6O6S/c19-6-2-1-4-11(18(29)30)22-15(26)12(8-14(21)25)23-16(27)13-5-3-7-24(13)17(28)10(20)9-31/h10-13,31H,1-9,19-20H2,(H2,21,25)(H,22,26)(H,23,27)(H,29,30). The molecule has 176 valence electrons. The maximum atomic E-state index is 12.8. The number of carboxylic acids is 1. The first-order valence-corrected chi connectivity index (χ1v) is 10.7. The Morgan fingerprint density at radius 3 is 2.35 bits per heavy atom. The number of primary amides is 1. The quantitative estimate of drug-likeness (QED) is 0.113. The van der Waals surface area contributed by atoms with E-state index < -0.39 is 60.2 Å². The number of rotatable bonds is 13. The minimum Gasteiger partial charge on any atom is -0.480 e. The van der Waals surface area contributed by atoms with Crippen molar-refractivity contribution in [3.05, 3.63) is 0 Å². The van der Waals surface area contributed by atoms with E-state index in [9.17, 15) is 29.1 Å². The average molecular weight is 461 g/mol. The maximum Gasteiger partial charge on any atom is 0.326 e. The fourth-order valence-electron chi connectivity index (χ4n) is 3.30. The van der Waals surface area contributed by atoms with E-state index in [-0.39, 0.29) is 12.2 Å². The number of unbranched alkanes of at least 4 members (excludes halogenated alkanes) is 1. The summed E-state index contributed by atoms with van der Waals surface area (Å²) in [6.45, 7) is 0.710. The molecule has 1 heterocycles. The Kier molecular flexibility index (Phi) is 11.3. The Hall–Kier alpha value is -2.38. The molecule has 4 unspecified atom stereocenters. The maximum absolute atomic E-state index is 12.8. The molecule has 0 spiro atoms. The number of carbonyl (C=O) groups excluding carboxylic acids is 4. The molecule has 0 aromatic rings. The highest BCUT2D eigenvalue weighted by Crippen LogP contribution is 2.19. The average Bonchev–Trinajstić information content (AvgIpc) is 3.20. The van der Waals surface area contributed by atoms with E-state index in [1.807, 2.05) is 0 Å². The molecule has 0 aromatic heterocycles. The summed E-state index contributed by atoms with van der Waals surface area (Å²) in [6.07, 6.45) is 1.61. The van der Waals surface area contributed by atoms with Crippen LogP contribution in [-0.4, -0.2) is 82.6 Å². The van der Waals surface area contributed by atoms with Gasteiger partial charge in [0.1, 0.15) is 18.1 Å². The molecule has 0 aromatic carbocycles. The van der Waals surface area contributed by atoms with Gasteiger partial charge in [-0.15, -0.1) is 0 Å². The van der Waals surface area contributed by atoms with Crippen LogP contribution in [0.3, 0.4) is 0 Å². The topological polar surface area (TPSA) is 211 Å². The monoisotopic (exact) mass is 460 g/mol. The molecule has 31 heavy (non-hydrogen) atoms. The van der Waals surface area contributed by atoms with Gasteiger partial charge in [0.15, 0.2) is 0 Å². The van der Waals surface area contributed by atoms with Crippen LogP contribution >= 0.6 is 12.6 Å². The van der Waals surface area contributed by atoms with E-state index in [4.69, 9.17) is 17.2 Å². The molecular weight excluding hydrogens is 428 g/mol. The first-order valence-electron chi connectivity index (χ1n) is 10.1. The molecule has 13 heteroatoms. The number of aliphatic carboxylic acids is 1. The van der Waals surface area contributed by atoms with Gasteiger partial charge in [-0.05, 0) is 38.6 Å². The molecule has 12 nitrogen and oxygen atoms in total. The minimum atomic E-state index is -1.38. The lowest BCUT2D eigenvalue weighted by Gasteiger charge is -2.28. The highest BCUT2D eigenvalue weighted by molar-refractivity contribution is 7.80. The summed E-state index contributed by atoms with van der Waals surface area (Å²) in [5.74, 6) is -3.93. The van der Waals surface area contributed by atoms with Gasteiger partial charge in [0, 0.05) is 12.3 Å². The number of thiol groups is 1. The second-order valence-corrected chi connectivity index (χ2v) is 7.76. The molecule has 0 bridgehead atoms. The van der Waals surface area contributed by atoms with Gasteiger partial charge in [0.2, 0.25) is 23.6 Å². The minimum absolute atomic E-state index is 0.108. The van der Waals surface area contributed by atoms with E-state index in [2.05, 4.69) is 23.3 Å². The van der Waals surface area contributed by atoms with Gasteiger partial charge in [0.25, 0.3) is 0 Å². The molecule has 1 fully saturated rings. The summed E-state index contributed by atoms with van der Waals surface area (Å²) in [7, 11) is 0. The van der Waals surface area contributed by atoms with Crippen molar-refractivity contribution in [2.24, 2.45) is 17.2 Å². The lowest BCUT2D eigenvalue weighted by molar-refractivity contribution is -0.143. The van der Waals surface area contributed by atoms with Crippen LogP contribution in [0, 0.1) is 0 Å². The van der Waals surface area contributed by atoms with Gasteiger partial charge in [-0.3, -0.25) is 19.2 Å². The number of likely N-dealkylation sites (tertiary alicyclic amines) is 1. The number of nitrogens with two attached hydrogens (primary N) is 3. The van der Waals surface area contributed by atoms with Crippen LogP contribution in [0.1, 0.15) is 38.5 Å². The van der Waals surface area contributed by atoms with Crippen LogP contribution in [0.5, 0.6) is 0 Å². The first-order chi connectivity index (χ1) is 14.6. The van der Waals surface area contributed by atoms with Crippen molar-refractivity contribution in [1.82, 2.24) is 15.5 Å². The van der Waals surface area contributed by atoms with Crippen molar-refractivity contribution in [2.75, 3.05) is 18.8 Å². The predicted octanol–water partition coefficient (Wildman–Crippen LogP) is -2.71. The van der Waals surface area contributed by atoms with Gasteiger partial charge >= 0.3 is 5.97 Å². The van der Waals surface area contributed by atoms with Crippen LogP contribution in [0.25, 0.3) is 0 Å². The van der Waals surface area contributed by atoms with Crippen molar-refractivity contribution in [2.45, 2.75) is 62.7 Å². The first kappa shape index (κ1) is 26.7. The number of amides is 4. The van der Waals surface area contributed by atoms with E-state index in [1.165, 1.54) is 4.90 Å². The largest absolute Gasteiger partial charge is 0.480 e. The molecule has 0 aliphatic carbocycles. The lowest BCUT2D eigenvalue weighted by atomic mass is 10.1. The summed E-state index contributed by atoms with van der Waals surface area (Å²) in [4.78, 5) is 61.9. The Bertz CT molecular complexity index is 678. The Balaban J connectivity index is 2.87. The van der Waals surface area contributed by atoms with Crippen molar-refractivity contribution in [3.8, 4) is 0 Å². The van der Waals surface area contributed by atoms with Crippen LogP contribution in [0.4, 0.5) is 0 Å². The van der Waals surface area contributed by atoms with Crippen molar-refractivity contribution >= 4 is 42.2 Å². The van der Waals surface area contributed by atoms with Crippen LogP contribution < -0.4 is 27.8 Å². The number of nitrogens with one attached hydrogen (secondary N) is 2. The smallest absolute Gasteiger partial charge is 0.326 e. The van der Waals surface area contributed by atoms with E-state index in [0.29, 0.717) is 38.8 Å². The van der Waals surface area contributed by atoms with Crippen LogP contribution in [0.2, 0.25) is 0 Å². The molecular formula is C18H32N6O6S. The Morgan fingerprint density at radius 2 is 1.81 bits per heavy atom. The Morgan fingerprint density at radius 1 is 1.13 bits per heavy atom. The van der Waals surface area contributed by atoms with E-state index in [1.54, 1.807) is 0 Å². The molecule has 1 rings (SSSR count). The third-order valence-electron chi connectivity index (χ3n) is 4.95. The fourth-order valence-corrected chi connectivity index (χ4v) is 3.45. The normalized spacial score (nSPS) is 18.7. The number of carbonyl (C=O) groups is 5. The zero-order valence-corrected chi connectivity index (χ0v) is 18.2. The molecule has 1 saturated heterocycles. The van der Waals surface area contributed by atoms with Gasteiger partial charge in [0.05, 0.1) is 12.5 Å². The number of hydrogen-bond acceptors (Lipinski definition) is 8. The number of hydrogen-bond donors (Lipinski definition) is 7. The second kappa shape index (κ2) is 13.1. The zero-order chi connectivity index (χ0) is 23.6. The molecule has 0 radical (unpaired) electrons. The van der Waals surface area contributed by atoms with Crippen molar-refractivity contribution in [1.29, 1.82) is 0 Å². The molecule has 1 aliphatic rings. The predicted molar refractivity (Wildman–Crippen MR) is 115 cm³/mol. The molecule has 4 amide bonds. The lowest BCUT2D eigenvalue weighted by Crippen LogP contribution is -2.57. The highest BCUT2D eigenvalue weighted by atomic mass is 32.1.